The Bertz CT molecular complexity index is 911. The zero-order chi connectivity index (χ0) is 19.4. The van der Waals surface area contributed by atoms with Gasteiger partial charge in [-0.2, -0.15) is 0 Å². The average Bonchev–Trinajstić information content (AvgIpc) is 2.67. The van der Waals surface area contributed by atoms with Gasteiger partial charge in [0.05, 0.1) is 20.6 Å². The maximum absolute atomic E-state index is 12.8. The third-order valence-electron chi connectivity index (χ3n) is 5.01. The molecular weight excluding hydrogens is 334 g/mol. The normalized spacial score (nSPS) is 12.2. The second kappa shape index (κ2) is 8.23. The summed E-state index contributed by atoms with van der Waals surface area (Å²) < 4.78 is 0. The molecule has 3 aromatic carbocycles. The van der Waals surface area contributed by atoms with Gasteiger partial charge in [-0.1, -0.05) is 48.5 Å². The van der Waals surface area contributed by atoms with E-state index in [1.54, 1.807) is 0 Å². The molecule has 27 heavy (non-hydrogen) atoms. The number of nitrogens with one attached hydrogen (secondary N) is 2. The van der Waals surface area contributed by atoms with Crippen molar-refractivity contribution in [3.8, 4) is 0 Å². The molecule has 0 spiro atoms. The highest BCUT2D eigenvalue weighted by Gasteiger charge is 2.20. The minimum Gasteiger partial charge on any atom is -0.378 e. The minimum atomic E-state index is -0.0250. The molecule has 0 saturated carbocycles. The fourth-order valence-electron chi connectivity index (χ4n) is 3.37. The first-order valence-electron chi connectivity index (χ1n) is 9.30. The highest BCUT2D eigenvalue weighted by atomic mass is 16.1. The van der Waals surface area contributed by atoms with Crippen LogP contribution in [0.4, 0.5) is 5.69 Å². The van der Waals surface area contributed by atoms with E-state index in [0.717, 1.165) is 16.3 Å². The summed E-state index contributed by atoms with van der Waals surface area (Å²) in [5.41, 5.74) is 3.12. The van der Waals surface area contributed by atoms with Gasteiger partial charge in [-0.25, -0.2) is 0 Å². The van der Waals surface area contributed by atoms with E-state index in [-0.39, 0.29) is 11.9 Å². The number of carbonyl (C=O) groups excluding carboxylic acids is 1. The second-order valence-electron chi connectivity index (χ2n) is 7.35. The van der Waals surface area contributed by atoms with Gasteiger partial charge >= 0.3 is 0 Å². The van der Waals surface area contributed by atoms with E-state index in [1.165, 1.54) is 16.2 Å². The van der Waals surface area contributed by atoms with Gasteiger partial charge in [0.15, 0.2) is 0 Å². The highest BCUT2D eigenvalue weighted by molar-refractivity contribution is 6.07. The van der Waals surface area contributed by atoms with Crippen LogP contribution in [0.5, 0.6) is 0 Å². The first kappa shape index (κ1) is 18.9. The van der Waals surface area contributed by atoms with E-state index < -0.39 is 0 Å². The number of nitrogens with zero attached hydrogens (tertiary/aromatic N) is 1. The Labute approximate surface area is 161 Å². The number of anilines is 1. The monoisotopic (exact) mass is 362 g/mol. The van der Waals surface area contributed by atoms with Gasteiger partial charge in [-0.3, -0.25) is 4.79 Å². The van der Waals surface area contributed by atoms with E-state index >= 15 is 0 Å². The maximum atomic E-state index is 12.8. The zero-order valence-corrected chi connectivity index (χ0v) is 16.5. The van der Waals surface area contributed by atoms with Crippen molar-refractivity contribution in [2.24, 2.45) is 0 Å². The van der Waals surface area contributed by atoms with E-state index in [0.29, 0.717) is 6.54 Å². The lowest BCUT2D eigenvalue weighted by atomic mass is 10.0. The van der Waals surface area contributed by atoms with Crippen LogP contribution in [0.2, 0.25) is 0 Å². The van der Waals surface area contributed by atoms with Crippen LogP contribution >= 0.6 is 0 Å². The average molecular weight is 362 g/mol. The molecule has 0 radical (unpaired) electrons. The summed E-state index contributed by atoms with van der Waals surface area (Å²) in [6.45, 7) is 0.589. The fraction of sp³-hybridized carbons (Fsp3) is 0.261. The van der Waals surface area contributed by atoms with E-state index in [1.807, 2.05) is 56.6 Å². The van der Waals surface area contributed by atoms with Crippen molar-refractivity contribution < 1.29 is 9.69 Å². The van der Waals surface area contributed by atoms with Crippen LogP contribution in [-0.2, 0) is 0 Å². The molecule has 0 aliphatic heterocycles. The number of benzene rings is 3. The number of hydrogen-bond acceptors (Lipinski definition) is 2. The van der Waals surface area contributed by atoms with Crippen molar-refractivity contribution in [1.29, 1.82) is 0 Å². The molecule has 0 aromatic heterocycles. The summed E-state index contributed by atoms with van der Waals surface area (Å²) in [4.78, 5) is 16.2. The number of hydrogen-bond donors (Lipinski definition) is 2. The molecule has 3 aromatic rings. The van der Waals surface area contributed by atoms with Crippen molar-refractivity contribution in [3.05, 3.63) is 77.9 Å². The van der Waals surface area contributed by atoms with Crippen molar-refractivity contribution in [2.75, 3.05) is 39.6 Å². The molecule has 1 atom stereocenters. The molecule has 2 N–H and O–H groups in total. The molecule has 140 valence electrons. The Kier molecular flexibility index (Phi) is 5.77. The summed E-state index contributed by atoms with van der Waals surface area (Å²) in [6.07, 6.45) is 0. The first-order chi connectivity index (χ1) is 13.0. The number of quaternary nitrogens is 1. The van der Waals surface area contributed by atoms with Gasteiger partial charge in [-0.05, 0) is 29.0 Å². The highest BCUT2D eigenvalue weighted by Crippen LogP contribution is 2.19. The van der Waals surface area contributed by atoms with Crippen molar-refractivity contribution in [1.82, 2.24) is 5.32 Å². The van der Waals surface area contributed by atoms with Crippen LogP contribution in [0.3, 0.4) is 0 Å². The Balaban J connectivity index is 1.76. The topological polar surface area (TPSA) is 36.8 Å². The van der Waals surface area contributed by atoms with Gasteiger partial charge in [0.2, 0.25) is 0 Å². The smallest absolute Gasteiger partial charge is 0.252 e. The summed E-state index contributed by atoms with van der Waals surface area (Å²) in [5.74, 6) is -0.0250. The van der Waals surface area contributed by atoms with Gasteiger partial charge < -0.3 is 15.1 Å². The predicted molar refractivity (Wildman–Crippen MR) is 113 cm³/mol. The van der Waals surface area contributed by atoms with Gasteiger partial charge in [0.25, 0.3) is 5.91 Å². The van der Waals surface area contributed by atoms with E-state index in [2.05, 4.69) is 48.6 Å². The molecule has 0 aliphatic rings. The molecule has 0 fully saturated rings. The van der Waals surface area contributed by atoms with E-state index in [4.69, 9.17) is 0 Å². The molecule has 0 heterocycles. The van der Waals surface area contributed by atoms with Crippen molar-refractivity contribution >= 4 is 22.4 Å². The predicted octanol–water partition coefficient (Wildman–Crippen LogP) is 2.52. The third-order valence-corrected chi connectivity index (χ3v) is 5.01. The van der Waals surface area contributed by atoms with Gasteiger partial charge in [0.1, 0.15) is 6.04 Å². The Morgan fingerprint density at radius 2 is 1.63 bits per heavy atom. The Hall–Kier alpha value is -2.85. The lowest BCUT2D eigenvalue weighted by Crippen LogP contribution is -3.07. The zero-order valence-electron chi connectivity index (χ0n) is 16.5. The van der Waals surface area contributed by atoms with Gasteiger partial charge in [-0.15, -0.1) is 0 Å². The Morgan fingerprint density at radius 1 is 0.963 bits per heavy atom. The number of fused-ring (bicyclic) bond motifs is 1. The van der Waals surface area contributed by atoms with Crippen LogP contribution in [0.1, 0.15) is 22.0 Å². The van der Waals surface area contributed by atoms with Crippen LogP contribution < -0.4 is 15.1 Å². The lowest BCUT2D eigenvalue weighted by Gasteiger charge is -2.23. The Morgan fingerprint density at radius 3 is 2.30 bits per heavy atom. The molecule has 0 saturated heterocycles. The first-order valence-corrected chi connectivity index (χ1v) is 9.30. The van der Waals surface area contributed by atoms with Crippen LogP contribution in [-0.4, -0.2) is 40.6 Å². The second-order valence-corrected chi connectivity index (χ2v) is 7.35. The number of rotatable bonds is 6. The number of likely N-dealkylation sites (N-methyl/N-ethyl adjacent to an activating group) is 1. The molecule has 1 amide bonds. The van der Waals surface area contributed by atoms with Gasteiger partial charge in [0, 0.05) is 30.9 Å². The fourth-order valence-corrected chi connectivity index (χ4v) is 3.37. The number of carbonyl (C=O) groups is 1. The molecule has 3 rings (SSSR count). The molecule has 4 heteroatoms. The summed E-state index contributed by atoms with van der Waals surface area (Å²) in [7, 11) is 8.31. The van der Waals surface area contributed by atoms with Crippen LogP contribution in [0.15, 0.2) is 66.7 Å². The standard InChI is InChI=1S/C23H27N3O/c1-25(2)19-14-12-18(13-15-19)22(26(3)4)16-24-23(27)21-11-7-9-17-8-5-6-10-20(17)21/h5-15,22H,16H2,1-4H3,(H,24,27)/p+1/t22-/m0/s1. The summed E-state index contributed by atoms with van der Waals surface area (Å²) in [5, 5.41) is 5.21. The van der Waals surface area contributed by atoms with Crippen molar-refractivity contribution in [3.63, 3.8) is 0 Å². The molecule has 0 aliphatic carbocycles. The minimum absolute atomic E-state index is 0.0250. The van der Waals surface area contributed by atoms with Crippen LogP contribution in [0.25, 0.3) is 10.8 Å². The third kappa shape index (κ3) is 4.29. The quantitative estimate of drug-likeness (QED) is 0.707. The lowest BCUT2D eigenvalue weighted by molar-refractivity contribution is -0.890. The molecular formula is C23H28N3O+. The maximum Gasteiger partial charge on any atom is 0.252 e. The molecule has 4 nitrogen and oxygen atoms in total. The molecule has 0 bridgehead atoms. The largest absolute Gasteiger partial charge is 0.378 e. The summed E-state index contributed by atoms with van der Waals surface area (Å²) >= 11 is 0. The number of amides is 1. The van der Waals surface area contributed by atoms with E-state index in [9.17, 15) is 4.79 Å². The van der Waals surface area contributed by atoms with Crippen LogP contribution in [0, 0.1) is 0 Å². The van der Waals surface area contributed by atoms with Crippen molar-refractivity contribution in [2.45, 2.75) is 6.04 Å². The summed E-state index contributed by atoms with van der Waals surface area (Å²) in [6, 6.07) is 22.6. The molecule has 0 unspecified atom stereocenters. The SMILES string of the molecule is CN(C)c1ccc([C@H](CNC(=O)c2cccc3ccccc23)[NH+](C)C)cc1.